The van der Waals surface area contributed by atoms with E-state index in [1.54, 1.807) is 23.5 Å². The molecular formula is C15H16S2. The molecule has 0 aliphatic rings. The molecule has 0 amide bonds. The van der Waals surface area contributed by atoms with Crippen molar-refractivity contribution >= 4 is 23.5 Å². The minimum atomic E-state index is 1.31. The average molecular weight is 260 g/mol. The van der Waals surface area contributed by atoms with Gasteiger partial charge in [0.25, 0.3) is 0 Å². The van der Waals surface area contributed by atoms with E-state index in [0.29, 0.717) is 0 Å². The smallest absolute Gasteiger partial charge is 0.0148 e. The molecule has 2 aromatic carbocycles. The minimum absolute atomic E-state index is 1.31. The lowest BCUT2D eigenvalue weighted by molar-refractivity contribution is 1.30. The summed E-state index contributed by atoms with van der Waals surface area (Å²) in [7, 11) is 0. The maximum atomic E-state index is 2.28. The summed E-state index contributed by atoms with van der Waals surface area (Å²) < 4.78 is 0. The van der Waals surface area contributed by atoms with E-state index in [1.165, 1.54) is 26.5 Å². The summed E-state index contributed by atoms with van der Waals surface area (Å²) in [6, 6.07) is 15.3. The molecule has 17 heavy (non-hydrogen) atoms. The summed E-state index contributed by atoms with van der Waals surface area (Å²) in [5, 5.41) is 0. The predicted octanol–water partition coefficient (Wildman–Crippen LogP) is 5.11. The Hall–Kier alpha value is -0.860. The molecule has 0 nitrogen and oxygen atoms in total. The predicted molar refractivity (Wildman–Crippen MR) is 80.2 cm³/mol. The molecule has 0 aromatic heterocycles. The van der Waals surface area contributed by atoms with Crippen molar-refractivity contribution in [3.63, 3.8) is 0 Å². The van der Waals surface area contributed by atoms with Gasteiger partial charge in [-0.05, 0) is 48.3 Å². The van der Waals surface area contributed by atoms with Gasteiger partial charge in [-0.15, -0.1) is 23.5 Å². The molecule has 0 heterocycles. The van der Waals surface area contributed by atoms with Crippen molar-refractivity contribution < 1.29 is 0 Å². The van der Waals surface area contributed by atoms with E-state index in [0.717, 1.165) is 0 Å². The van der Waals surface area contributed by atoms with Gasteiger partial charge in [-0.2, -0.15) is 0 Å². The first-order chi connectivity index (χ1) is 8.26. The Morgan fingerprint density at radius 2 is 1.53 bits per heavy atom. The van der Waals surface area contributed by atoms with Crippen molar-refractivity contribution in [2.75, 3.05) is 12.5 Å². The molecule has 2 heteroatoms. The van der Waals surface area contributed by atoms with Gasteiger partial charge in [-0.1, -0.05) is 30.3 Å². The first-order valence-corrected chi connectivity index (χ1v) is 7.99. The van der Waals surface area contributed by atoms with Gasteiger partial charge in [-0.25, -0.2) is 0 Å². The monoisotopic (exact) mass is 260 g/mol. The van der Waals surface area contributed by atoms with Crippen LogP contribution in [0.1, 0.15) is 5.56 Å². The van der Waals surface area contributed by atoms with Gasteiger partial charge in [0.05, 0.1) is 0 Å². The highest BCUT2D eigenvalue weighted by molar-refractivity contribution is 7.99. The van der Waals surface area contributed by atoms with Crippen molar-refractivity contribution in [1.82, 2.24) is 0 Å². The maximum Gasteiger partial charge on any atom is 0.0148 e. The number of benzene rings is 2. The van der Waals surface area contributed by atoms with Gasteiger partial charge in [0.2, 0.25) is 0 Å². The zero-order chi connectivity index (χ0) is 12.3. The summed E-state index contributed by atoms with van der Waals surface area (Å²) in [6.45, 7) is 2.18. The van der Waals surface area contributed by atoms with Gasteiger partial charge < -0.3 is 0 Å². The topological polar surface area (TPSA) is 0 Å². The van der Waals surface area contributed by atoms with Crippen LogP contribution in [0.25, 0.3) is 11.1 Å². The average Bonchev–Trinajstić information content (AvgIpc) is 2.38. The maximum absolute atomic E-state index is 2.28. The molecule has 2 aromatic rings. The van der Waals surface area contributed by atoms with E-state index in [-0.39, 0.29) is 0 Å². The molecule has 0 atom stereocenters. The Balaban J connectivity index is 2.49. The van der Waals surface area contributed by atoms with Crippen LogP contribution in [-0.4, -0.2) is 12.5 Å². The molecule has 0 spiro atoms. The Labute approximate surface area is 112 Å². The van der Waals surface area contributed by atoms with Crippen molar-refractivity contribution in [3.8, 4) is 11.1 Å². The number of hydrogen-bond donors (Lipinski definition) is 0. The van der Waals surface area contributed by atoms with Crippen LogP contribution in [0.3, 0.4) is 0 Å². The Morgan fingerprint density at radius 3 is 2.18 bits per heavy atom. The third-order valence-electron chi connectivity index (χ3n) is 2.81. The standard InChI is InChI=1S/C15H16S2/c1-11-10-12(8-9-14(11)16-2)13-6-4-5-7-15(13)17-3/h4-10H,1-3H3. The van der Waals surface area contributed by atoms with Crippen LogP contribution >= 0.6 is 23.5 Å². The fourth-order valence-corrected chi connectivity index (χ4v) is 3.13. The van der Waals surface area contributed by atoms with Gasteiger partial charge in [0.15, 0.2) is 0 Å². The molecule has 88 valence electrons. The molecule has 0 saturated heterocycles. The highest BCUT2D eigenvalue weighted by Gasteiger charge is 2.05. The zero-order valence-corrected chi connectivity index (χ0v) is 12.0. The van der Waals surface area contributed by atoms with Crippen molar-refractivity contribution in [2.24, 2.45) is 0 Å². The summed E-state index contributed by atoms with van der Waals surface area (Å²) >= 11 is 3.60. The van der Waals surface area contributed by atoms with Gasteiger partial charge >= 0.3 is 0 Å². The Morgan fingerprint density at radius 1 is 0.824 bits per heavy atom. The number of rotatable bonds is 3. The summed E-state index contributed by atoms with van der Waals surface area (Å²) in [4.78, 5) is 2.69. The van der Waals surface area contributed by atoms with Gasteiger partial charge in [0.1, 0.15) is 0 Å². The van der Waals surface area contributed by atoms with E-state index in [2.05, 4.69) is 61.9 Å². The van der Waals surface area contributed by atoms with Crippen LogP contribution in [0.4, 0.5) is 0 Å². The molecule has 0 bridgehead atoms. The van der Waals surface area contributed by atoms with Crippen LogP contribution in [0.5, 0.6) is 0 Å². The van der Waals surface area contributed by atoms with Crippen LogP contribution in [-0.2, 0) is 0 Å². The summed E-state index contributed by atoms with van der Waals surface area (Å²) in [5.74, 6) is 0. The van der Waals surface area contributed by atoms with Gasteiger partial charge in [0, 0.05) is 9.79 Å². The molecule has 0 saturated carbocycles. The molecule has 2 rings (SSSR count). The van der Waals surface area contributed by atoms with Crippen molar-refractivity contribution in [1.29, 1.82) is 0 Å². The normalized spacial score (nSPS) is 10.5. The highest BCUT2D eigenvalue weighted by atomic mass is 32.2. The molecule has 0 N–H and O–H groups in total. The first-order valence-electron chi connectivity index (χ1n) is 5.54. The van der Waals surface area contributed by atoms with Gasteiger partial charge in [-0.3, -0.25) is 0 Å². The molecule has 0 aliphatic heterocycles. The third-order valence-corrected chi connectivity index (χ3v) is 4.51. The highest BCUT2D eigenvalue weighted by Crippen LogP contribution is 2.32. The van der Waals surface area contributed by atoms with Crippen molar-refractivity contribution in [3.05, 3.63) is 48.0 Å². The van der Waals surface area contributed by atoms with Crippen LogP contribution in [0.15, 0.2) is 52.3 Å². The second-order valence-electron chi connectivity index (χ2n) is 3.88. The second kappa shape index (κ2) is 5.65. The molecule has 0 aliphatic carbocycles. The SMILES string of the molecule is CSc1ccc(-c2ccccc2SC)cc1C. The lowest BCUT2D eigenvalue weighted by Gasteiger charge is -2.10. The number of hydrogen-bond acceptors (Lipinski definition) is 2. The van der Waals surface area contributed by atoms with Crippen LogP contribution in [0, 0.1) is 6.92 Å². The Kier molecular flexibility index (Phi) is 4.19. The minimum Gasteiger partial charge on any atom is -0.129 e. The van der Waals surface area contributed by atoms with E-state index >= 15 is 0 Å². The number of aryl methyl sites for hydroxylation is 1. The van der Waals surface area contributed by atoms with Crippen LogP contribution < -0.4 is 0 Å². The van der Waals surface area contributed by atoms with Crippen LogP contribution in [0.2, 0.25) is 0 Å². The van der Waals surface area contributed by atoms with E-state index in [4.69, 9.17) is 0 Å². The second-order valence-corrected chi connectivity index (χ2v) is 5.58. The molecule has 0 unspecified atom stereocenters. The fraction of sp³-hybridized carbons (Fsp3) is 0.200. The number of thioether (sulfide) groups is 2. The lowest BCUT2D eigenvalue weighted by atomic mass is 10.0. The summed E-state index contributed by atoms with van der Waals surface area (Å²) in [5.41, 5.74) is 3.99. The van der Waals surface area contributed by atoms with E-state index in [9.17, 15) is 0 Å². The fourth-order valence-electron chi connectivity index (χ4n) is 1.93. The third kappa shape index (κ3) is 2.70. The zero-order valence-electron chi connectivity index (χ0n) is 10.4. The summed E-state index contributed by atoms with van der Waals surface area (Å²) in [6.07, 6.45) is 4.25. The van der Waals surface area contributed by atoms with E-state index in [1.807, 2.05) is 0 Å². The molecule has 0 fully saturated rings. The first kappa shape index (κ1) is 12.6. The van der Waals surface area contributed by atoms with E-state index < -0.39 is 0 Å². The molecular weight excluding hydrogens is 244 g/mol. The largest absolute Gasteiger partial charge is 0.129 e. The molecule has 0 radical (unpaired) electrons. The lowest BCUT2D eigenvalue weighted by Crippen LogP contribution is -1.85. The quantitative estimate of drug-likeness (QED) is 0.704. The van der Waals surface area contributed by atoms with Crippen molar-refractivity contribution in [2.45, 2.75) is 16.7 Å². The Bertz CT molecular complexity index is 518.